The number of benzene rings is 1. The van der Waals surface area contributed by atoms with E-state index in [0.717, 1.165) is 15.7 Å². The summed E-state index contributed by atoms with van der Waals surface area (Å²) in [6, 6.07) is 9.13. The lowest BCUT2D eigenvalue weighted by Crippen LogP contribution is -2.37. The molecule has 1 aromatic heterocycles. The first-order chi connectivity index (χ1) is 10.9. The first kappa shape index (κ1) is 17.3. The molecule has 1 atom stereocenters. The maximum absolute atomic E-state index is 12.1. The summed E-state index contributed by atoms with van der Waals surface area (Å²) in [5.41, 5.74) is 2.03. The molecular formula is C17H19BrN2O3. The summed E-state index contributed by atoms with van der Waals surface area (Å²) >= 11 is 3.34. The fourth-order valence-corrected chi connectivity index (χ4v) is 2.46. The third-order valence-electron chi connectivity index (χ3n) is 3.43. The molecule has 2 aromatic rings. The van der Waals surface area contributed by atoms with Crippen LogP contribution in [0.1, 0.15) is 23.7 Å². The van der Waals surface area contributed by atoms with Gasteiger partial charge in [-0.05, 0) is 56.7 Å². The van der Waals surface area contributed by atoms with Gasteiger partial charge < -0.3 is 15.0 Å². The van der Waals surface area contributed by atoms with Crippen LogP contribution in [-0.2, 0) is 11.3 Å². The zero-order valence-electron chi connectivity index (χ0n) is 13.3. The average molecular weight is 379 g/mol. The molecule has 0 aliphatic carbocycles. The van der Waals surface area contributed by atoms with Gasteiger partial charge in [-0.25, -0.2) is 0 Å². The minimum Gasteiger partial charge on any atom is -0.481 e. The zero-order chi connectivity index (χ0) is 17.0. The molecule has 2 N–H and O–H groups in total. The van der Waals surface area contributed by atoms with Gasteiger partial charge in [-0.3, -0.25) is 9.59 Å². The lowest BCUT2D eigenvalue weighted by Gasteiger charge is -2.15. The maximum Gasteiger partial charge on any atom is 0.261 e. The number of rotatable bonds is 5. The lowest BCUT2D eigenvalue weighted by atomic mass is 10.1. The van der Waals surface area contributed by atoms with Gasteiger partial charge in [-0.2, -0.15) is 0 Å². The summed E-state index contributed by atoms with van der Waals surface area (Å²) in [6.07, 6.45) is -0.652. The maximum atomic E-state index is 12.1. The first-order valence-electron chi connectivity index (χ1n) is 7.26. The number of carbonyl (C=O) groups excluding carboxylic acids is 1. The molecule has 1 heterocycles. The van der Waals surface area contributed by atoms with Crippen molar-refractivity contribution in [3.63, 3.8) is 0 Å². The number of ether oxygens (including phenoxy) is 1. The number of aryl methyl sites for hydroxylation is 2. The first-order valence-corrected chi connectivity index (χ1v) is 8.05. The second kappa shape index (κ2) is 7.46. The zero-order valence-corrected chi connectivity index (χ0v) is 14.9. The Labute approximate surface area is 143 Å². The molecule has 1 amide bonds. The molecule has 0 bridgehead atoms. The van der Waals surface area contributed by atoms with E-state index in [0.29, 0.717) is 11.3 Å². The van der Waals surface area contributed by atoms with Crippen LogP contribution < -0.4 is 15.6 Å². The molecule has 1 aromatic carbocycles. The molecule has 0 saturated heterocycles. The molecule has 6 heteroatoms. The van der Waals surface area contributed by atoms with Crippen molar-refractivity contribution in [1.82, 2.24) is 10.3 Å². The summed E-state index contributed by atoms with van der Waals surface area (Å²) in [7, 11) is 0. The predicted molar refractivity (Wildman–Crippen MR) is 92.6 cm³/mol. The van der Waals surface area contributed by atoms with Crippen molar-refractivity contribution in [2.45, 2.75) is 33.4 Å². The quantitative estimate of drug-likeness (QED) is 0.839. The molecule has 0 spiro atoms. The van der Waals surface area contributed by atoms with Crippen LogP contribution in [0.15, 0.2) is 39.6 Å². The van der Waals surface area contributed by atoms with Crippen molar-refractivity contribution in [3.05, 3.63) is 62.0 Å². The average Bonchev–Trinajstić information content (AvgIpc) is 2.48. The monoisotopic (exact) mass is 378 g/mol. The molecule has 23 heavy (non-hydrogen) atoms. The van der Waals surface area contributed by atoms with E-state index >= 15 is 0 Å². The predicted octanol–water partition coefficient (Wildman–Crippen LogP) is 2.84. The van der Waals surface area contributed by atoms with E-state index in [2.05, 4.69) is 26.2 Å². The Morgan fingerprint density at radius 1 is 1.30 bits per heavy atom. The van der Waals surface area contributed by atoms with Crippen molar-refractivity contribution in [2.24, 2.45) is 0 Å². The van der Waals surface area contributed by atoms with E-state index in [1.54, 1.807) is 19.1 Å². The second-order valence-corrected chi connectivity index (χ2v) is 6.29. The highest BCUT2D eigenvalue weighted by Gasteiger charge is 2.15. The molecule has 0 aliphatic rings. The summed E-state index contributed by atoms with van der Waals surface area (Å²) < 4.78 is 6.52. The molecule has 0 saturated carbocycles. The van der Waals surface area contributed by atoms with Crippen LogP contribution in [0.25, 0.3) is 0 Å². The van der Waals surface area contributed by atoms with Crippen molar-refractivity contribution in [3.8, 4) is 5.75 Å². The van der Waals surface area contributed by atoms with E-state index in [9.17, 15) is 9.59 Å². The Bertz CT molecular complexity index is 753. The molecular weight excluding hydrogens is 360 g/mol. The van der Waals surface area contributed by atoms with Crippen LogP contribution in [0.4, 0.5) is 0 Å². The molecule has 0 aliphatic heterocycles. The normalized spacial score (nSPS) is 11.8. The largest absolute Gasteiger partial charge is 0.481 e. The number of hydrogen-bond donors (Lipinski definition) is 2. The molecule has 0 fully saturated rings. The number of pyridine rings is 1. The van der Waals surface area contributed by atoms with Gasteiger partial charge in [0.1, 0.15) is 5.75 Å². The fourth-order valence-electron chi connectivity index (χ4n) is 2.19. The van der Waals surface area contributed by atoms with Crippen LogP contribution in [0.3, 0.4) is 0 Å². The van der Waals surface area contributed by atoms with Crippen LogP contribution in [0, 0.1) is 13.8 Å². The summed E-state index contributed by atoms with van der Waals surface area (Å²) in [5.74, 6) is 0.340. The van der Waals surface area contributed by atoms with Gasteiger partial charge in [0.25, 0.3) is 11.5 Å². The third-order valence-corrected chi connectivity index (χ3v) is 3.96. The summed E-state index contributed by atoms with van der Waals surface area (Å²) in [5, 5.41) is 2.74. The number of carbonyl (C=O) groups is 1. The fraction of sp³-hybridized carbons (Fsp3) is 0.294. The highest BCUT2D eigenvalue weighted by Crippen LogP contribution is 2.17. The molecule has 0 unspecified atom stereocenters. The number of aromatic nitrogens is 1. The summed E-state index contributed by atoms with van der Waals surface area (Å²) in [4.78, 5) is 26.8. The number of hydrogen-bond acceptors (Lipinski definition) is 3. The van der Waals surface area contributed by atoms with Crippen LogP contribution in [0.2, 0.25) is 0 Å². The third kappa shape index (κ3) is 4.69. The number of amides is 1. The van der Waals surface area contributed by atoms with E-state index in [1.165, 1.54) is 0 Å². The molecule has 5 nitrogen and oxygen atoms in total. The Morgan fingerprint density at radius 3 is 2.57 bits per heavy atom. The van der Waals surface area contributed by atoms with Gasteiger partial charge in [-0.15, -0.1) is 0 Å². The van der Waals surface area contributed by atoms with Gasteiger partial charge in [0, 0.05) is 22.3 Å². The smallest absolute Gasteiger partial charge is 0.261 e. The van der Waals surface area contributed by atoms with Crippen molar-refractivity contribution < 1.29 is 9.53 Å². The minimum absolute atomic E-state index is 0.175. The van der Waals surface area contributed by atoms with Gasteiger partial charge >= 0.3 is 0 Å². The van der Waals surface area contributed by atoms with Gasteiger partial charge in [0.15, 0.2) is 6.10 Å². The molecule has 122 valence electrons. The Balaban J connectivity index is 1.97. The highest BCUT2D eigenvalue weighted by molar-refractivity contribution is 9.10. The van der Waals surface area contributed by atoms with E-state index in [-0.39, 0.29) is 18.0 Å². The van der Waals surface area contributed by atoms with Crippen molar-refractivity contribution >= 4 is 21.8 Å². The van der Waals surface area contributed by atoms with Crippen molar-refractivity contribution in [2.75, 3.05) is 0 Å². The number of H-pyrrole nitrogens is 1. The van der Waals surface area contributed by atoms with E-state index in [1.807, 2.05) is 32.0 Å². The van der Waals surface area contributed by atoms with Crippen LogP contribution in [0.5, 0.6) is 5.75 Å². The Hall–Kier alpha value is -2.08. The van der Waals surface area contributed by atoms with Crippen LogP contribution >= 0.6 is 15.9 Å². The van der Waals surface area contributed by atoms with Gasteiger partial charge in [0.05, 0.1) is 0 Å². The van der Waals surface area contributed by atoms with E-state index < -0.39 is 6.10 Å². The Kier molecular flexibility index (Phi) is 5.60. The number of aromatic amines is 1. The SMILES string of the molecule is Cc1cc(C)c(CNC(=O)[C@H](C)Oc2ccc(Br)cc2)c(=O)[nH]1. The van der Waals surface area contributed by atoms with Crippen molar-refractivity contribution in [1.29, 1.82) is 0 Å². The van der Waals surface area contributed by atoms with Gasteiger partial charge in [0.2, 0.25) is 0 Å². The number of nitrogens with one attached hydrogen (secondary N) is 2. The summed E-state index contributed by atoms with van der Waals surface area (Å²) in [6.45, 7) is 5.52. The minimum atomic E-state index is -0.652. The van der Waals surface area contributed by atoms with Gasteiger partial charge in [-0.1, -0.05) is 15.9 Å². The topological polar surface area (TPSA) is 71.2 Å². The van der Waals surface area contributed by atoms with E-state index in [4.69, 9.17) is 4.74 Å². The standard InChI is InChI=1S/C17H19BrN2O3/c1-10-8-11(2)20-17(22)15(10)9-19-16(21)12(3)23-14-6-4-13(18)5-7-14/h4-8,12H,9H2,1-3H3,(H,19,21)(H,20,22)/t12-/m0/s1. The molecule has 0 radical (unpaired) electrons. The number of halogens is 1. The lowest BCUT2D eigenvalue weighted by molar-refractivity contribution is -0.127. The Morgan fingerprint density at radius 2 is 1.96 bits per heavy atom. The van der Waals surface area contributed by atoms with Crippen LogP contribution in [-0.4, -0.2) is 17.0 Å². The second-order valence-electron chi connectivity index (χ2n) is 5.37. The highest BCUT2D eigenvalue weighted by atomic mass is 79.9. The molecule has 2 rings (SSSR count).